The number of rotatable bonds is 5. The van der Waals surface area contributed by atoms with E-state index in [4.69, 9.17) is 0 Å². The van der Waals surface area contributed by atoms with Crippen LogP contribution in [-0.4, -0.2) is 58.8 Å². The van der Waals surface area contributed by atoms with E-state index in [0.717, 1.165) is 5.56 Å². The molecule has 1 amide bonds. The van der Waals surface area contributed by atoms with Gasteiger partial charge in [-0.05, 0) is 24.1 Å². The van der Waals surface area contributed by atoms with E-state index in [1.807, 2.05) is 12.1 Å². The van der Waals surface area contributed by atoms with Crippen LogP contribution in [0.2, 0.25) is 0 Å². The summed E-state index contributed by atoms with van der Waals surface area (Å²) in [5.74, 6) is 0.285. The number of carbonyl (C=O) groups excluding carboxylic acids is 1. The highest BCUT2D eigenvalue weighted by molar-refractivity contribution is 7.91. The molecule has 1 saturated heterocycles. The first kappa shape index (κ1) is 17.3. The SMILES string of the molecule is CN(C(=O)c1cnc(NCc2ccncc2)nc1)C1CCS(=O)(=O)C1. The highest BCUT2D eigenvalue weighted by atomic mass is 32.2. The van der Waals surface area contributed by atoms with E-state index >= 15 is 0 Å². The van der Waals surface area contributed by atoms with Gasteiger partial charge in [0.15, 0.2) is 9.84 Å². The van der Waals surface area contributed by atoms with Gasteiger partial charge in [-0.1, -0.05) is 0 Å². The van der Waals surface area contributed by atoms with Crippen LogP contribution in [0.25, 0.3) is 0 Å². The van der Waals surface area contributed by atoms with Crippen LogP contribution < -0.4 is 5.32 Å². The van der Waals surface area contributed by atoms with Crippen molar-refractivity contribution in [2.45, 2.75) is 19.0 Å². The van der Waals surface area contributed by atoms with E-state index in [1.165, 1.54) is 17.3 Å². The van der Waals surface area contributed by atoms with Crippen molar-refractivity contribution in [3.63, 3.8) is 0 Å². The van der Waals surface area contributed by atoms with Crippen molar-refractivity contribution in [3.8, 4) is 0 Å². The standard InChI is InChI=1S/C16H19N5O3S/c1-21(14-4-7-25(23,24)11-14)15(22)13-9-19-16(20-10-13)18-8-12-2-5-17-6-3-12/h2-3,5-6,9-10,14H,4,7-8,11H2,1H3,(H,18,19,20). The Morgan fingerprint density at radius 3 is 2.56 bits per heavy atom. The Hall–Kier alpha value is -2.55. The molecule has 8 nitrogen and oxygen atoms in total. The van der Waals surface area contributed by atoms with E-state index < -0.39 is 9.84 Å². The first-order chi connectivity index (χ1) is 11.9. The second-order valence-electron chi connectivity index (χ2n) is 5.98. The fourth-order valence-electron chi connectivity index (χ4n) is 2.66. The number of aromatic nitrogens is 3. The van der Waals surface area contributed by atoms with Crippen LogP contribution in [0, 0.1) is 0 Å². The Labute approximate surface area is 146 Å². The molecule has 25 heavy (non-hydrogen) atoms. The molecule has 3 rings (SSSR count). The van der Waals surface area contributed by atoms with Gasteiger partial charge >= 0.3 is 0 Å². The molecule has 1 aliphatic rings. The van der Waals surface area contributed by atoms with Crippen molar-refractivity contribution in [1.29, 1.82) is 0 Å². The minimum absolute atomic E-state index is 0.0155. The lowest BCUT2D eigenvalue weighted by molar-refractivity contribution is 0.0747. The van der Waals surface area contributed by atoms with E-state index in [9.17, 15) is 13.2 Å². The van der Waals surface area contributed by atoms with Crippen molar-refractivity contribution in [1.82, 2.24) is 19.9 Å². The molecule has 2 aromatic heterocycles. The summed E-state index contributed by atoms with van der Waals surface area (Å²) in [5.41, 5.74) is 1.38. The second-order valence-corrected chi connectivity index (χ2v) is 8.21. The molecule has 1 aliphatic heterocycles. The maximum absolute atomic E-state index is 12.5. The van der Waals surface area contributed by atoms with Crippen molar-refractivity contribution >= 4 is 21.7 Å². The number of carbonyl (C=O) groups is 1. The topological polar surface area (TPSA) is 105 Å². The summed E-state index contributed by atoms with van der Waals surface area (Å²) in [6.45, 7) is 0.551. The second kappa shape index (κ2) is 7.14. The molecular formula is C16H19N5O3S. The Morgan fingerprint density at radius 1 is 1.28 bits per heavy atom. The van der Waals surface area contributed by atoms with Gasteiger partial charge in [0.25, 0.3) is 5.91 Å². The van der Waals surface area contributed by atoms with Gasteiger partial charge in [0.2, 0.25) is 5.95 Å². The zero-order valence-corrected chi connectivity index (χ0v) is 14.6. The lowest BCUT2D eigenvalue weighted by Gasteiger charge is -2.23. The van der Waals surface area contributed by atoms with E-state index in [0.29, 0.717) is 24.5 Å². The van der Waals surface area contributed by atoms with Crippen molar-refractivity contribution < 1.29 is 13.2 Å². The van der Waals surface area contributed by atoms with Crippen molar-refractivity contribution in [3.05, 3.63) is 48.0 Å². The fraction of sp³-hybridized carbons (Fsp3) is 0.375. The van der Waals surface area contributed by atoms with Gasteiger partial charge < -0.3 is 10.2 Å². The van der Waals surface area contributed by atoms with Gasteiger partial charge in [0.1, 0.15) is 0 Å². The summed E-state index contributed by atoms with van der Waals surface area (Å²) in [7, 11) is -1.42. The summed E-state index contributed by atoms with van der Waals surface area (Å²) in [4.78, 5) is 26.2. The molecule has 1 N–H and O–H groups in total. The van der Waals surface area contributed by atoms with Crippen LogP contribution >= 0.6 is 0 Å². The van der Waals surface area contributed by atoms with Crippen molar-refractivity contribution in [2.75, 3.05) is 23.9 Å². The smallest absolute Gasteiger partial charge is 0.257 e. The Balaban J connectivity index is 1.60. The molecule has 1 fully saturated rings. The summed E-state index contributed by atoms with van der Waals surface area (Å²) >= 11 is 0. The maximum Gasteiger partial charge on any atom is 0.257 e. The largest absolute Gasteiger partial charge is 0.350 e. The maximum atomic E-state index is 12.5. The van der Waals surface area contributed by atoms with Crippen LogP contribution in [0.4, 0.5) is 5.95 Å². The molecule has 3 heterocycles. The summed E-state index contributed by atoms with van der Waals surface area (Å²) in [6.07, 6.45) is 6.78. The van der Waals surface area contributed by atoms with E-state index in [-0.39, 0.29) is 23.5 Å². The molecule has 0 aliphatic carbocycles. The van der Waals surface area contributed by atoms with Crippen LogP contribution in [0.1, 0.15) is 22.3 Å². The first-order valence-corrected chi connectivity index (χ1v) is 9.69. The normalized spacial score (nSPS) is 18.7. The van der Waals surface area contributed by atoms with E-state index in [2.05, 4.69) is 20.3 Å². The number of anilines is 1. The highest BCUT2D eigenvalue weighted by Gasteiger charge is 2.33. The third-order valence-electron chi connectivity index (χ3n) is 4.18. The molecule has 0 saturated carbocycles. The van der Waals surface area contributed by atoms with Crippen LogP contribution in [0.5, 0.6) is 0 Å². The summed E-state index contributed by atoms with van der Waals surface area (Å²) < 4.78 is 23.1. The third kappa shape index (κ3) is 4.30. The zero-order chi connectivity index (χ0) is 17.9. The predicted molar refractivity (Wildman–Crippen MR) is 92.7 cm³/mol. The number of hydrogen-bond donors (Lipinski definition) is 1. The third-order valence-corrected chi connectivity index (χ3v) is 5.93. The van der Waals surface area contributed by atoms with Gasteiger partial charge in [-0.2, -0.15) is 0 Å². The van der Waals surface area contributed by atoms with Crippen molar-refractivity contribution in [2.24, 2.45) is 0 Å². The van der Waals surface area contributed by atoms with Crippen LogP contribution in [0.3, 0.4) is 0 Å². The molecular weight excluding hydrogens is 342 g/mol. The first-order valence-electron chi connectivity index (χ1n) is 7.87. The molecule has 2 aromatic rings. The molecule has 0 radical (unpaired) electrons. The van der Waals surface area contributed by atoms with Gasteiger partial charge in [0, 0.05) is 44.4 Å². The number of amides is 1. The average Bonchev–Trinajstić information content (AvgIpc) is 3.00. The zero-order valence-electron chi connectivity index (χ0n) is 13.8. The number of pyridine rings is 1. The lowest BCUT2D eigenvalue weighted by Crippen LogP contribution is -2.37. The monoisotopic (exact) mass is 361 g/mol. The number of sulfone groups is 1. The van der Waals surface area contributed by atoms with Crippen LogP contribution in [0.15, 0.2) is 36.9 Å². The minimum atomic E-state index is -3.04. The molecule has 132 valence electrons. The summed E-state index contributed by atoms with van der Waals surface area (Å²) in [6, 6.07) is 3.48. The lowest BCUT2D eigenvalue weighted by atomic mass is 10.2. The fourth-order valence-corrected chi connectivity index (χ4v) is 4.44. The Morgan fingerprint density at radius 2 is 1.96 bits per heavy atom. The van der Waals surface area contributed by atoms with Gasteiger partial charge in [-0.3, -0.25) is 9.78 Å². The number of nitrogens with one attached hydrogen (secondary N) is 1. The average molecular weight is 361 g/mol. The Kier molecular flexibility index (Phi) is 4.93. The molecule has 0 aromatic carbocycles. The molecule has 9 heteroatoms. The van der Waals surface area contributed by atoms with Gasteiger partial charge in [-0.25, -0.2) is 18.4 Å². The predicted octanol–water partition coefficient (Wildman–Crippen LogP) is 0.743. The minimum Gasteiger partial charge on any atom is -0.350 e. The van der Waals surface area contributed by atoms with Gasteiger partial charge in [0.05, 0.1) is 17.1 Å². The molecule has 1 atom stereocenters. The number of hydrogen-bond acceptors (Lipinski definition) is 7. The quantitative estimate of drug-likeness (QED) is 0.837. The molecule has 1 unspecified atom stereocenters. The van der Waals surface area contributed by atoms with E-state index in [1.54, 1.807) is 19.4 Å². The highest BCUT2D eigenvalue weighted by Crippen LogP contribution is 2.18. The molecule has 0 spiro atoms. The number of nitrogens with zero attached hydrogens (tertiary/aromatic N) is 4. The Bertz CT molecular complexity index is 840. The van der Waals surface area contributed by atoms with Gasteiger partial charge in [-0.15, -0.1) is 0 Å². The molecule has 0 bridgehead atoms. The van der Waals surface area contributed by atoms with Crippen LogP contribution in [-0.2, 0) is 16.4 Å². The summed E-state index contributed by atoms with van der Waals surface area (Å²) in [5, 5.41) is 3.07.